The molecule has 28 heavy (non-hydrogen) atoms. The number of halogens is 2. The van der Waals surface area contributed by atoms with Crippen LogP contribution in [0.5, 0.6) is 5.75 Å². The number of ether oxygens (including phenoxy) is 1. The number of aliphatic hydroxyl groups is 1. The van der Waals surface area contributed by atoms with Crippen molar-refractivity contribution in [2.75, 3.05) is 23.9 Å². The van der Waals surface area contributed by atoms with Crippen LogP contribution in [0, 0.1) is 11.6 Å². The molecule has 8 heteroatoms. The number of rotatable bonds is 7. The van der Waals surface area contributed by atoms with Crippen LogP contribution in [0.1, 0.15) is 12.5 Å². The van der Waals surface area contributed by atoms with Crippen LogP contribution < -0.4 is 9.64 Å². The normalized spacial score (nSPS) is 14.2. The average molecular weight is 405 g/mol. The molecule has 1 heterocycles. The molecule has 0 bridgehead atoms. The van der Waals surface area contributed by atoms with Crippen LogP contribution in [0.2, 0.25) is 0 Å². The summed E-state index contributed by atoms with van der Waals surface area (Å²) in [6.45, 7) is 2.11. The van der Waals surface area contributed by atoms with Crippen molar-refractivity contribution in [3.63, 3.8) is 0 Å². The van der Waals surface area contributed by atoms with Crippen LogP contribution in [0.4, 0.5) is 14.5 Å². The first-order valence-electron chi connectivity index (χ1n) is 8.53. The van der Waals surface area contributed by atoms with Gasteiger partial charge in [-0.25, -0.2) is 13.7 Å². The minimum absolute atomic E-state index is 0.0758. The van der Waals surface area contributed by atoms with Crippen molar-refractivity contribution in [1.82, 2.24) is 0 Å². The van der Waals surface area contributed by atoms with E-state index >= 15 is 0 Å². The smallest absolute Gasteiger partial charge is 0.272 e. The number of hydrogen-bond donors (Lipinski definition) is 1. The predicted molar refractivity (Wildman–Crippen MR) is 103 cm³/mol. The minimum atomic E-state index is -0.887. The Balaban J connectivity index is 2.06. The molecule has 3 rings (SSSR count). The van der Waals surface area contributed by atoms with Gasteiger partial charge in [-0.15, -0.1) is 11.8 Å². The molecule has 0 aliphatic carbocycles. The van der Waals surface area contributed by atoms with Crippen LogP contribution in [0.25, 0.3) is 5.57 Å². The number of nitrogens with zero attached hydrogens (tertiary/aromatic N) is 1. The Morgan fingerprint density at radius 3 is 2.43 bits per heavy atom. The summed E-state index contributed by atoms with van der Waals surface area (Å²) in [6.07, 6.45) is 0. The Hall–Kier alpha value is -2.71. The number of carbonyl (C=O) groups excluding carboxylic acids is 2. The Kier molecular flexibility index (Phi) is 6.11. The fourth-order valence-electron chi connectivity index (χ4n) is 2.81. The third-order valence-electron chi connectivity index (χ3n) is 3.98. The second kappa shape index (κ2) is 8.53. The van der Waals surface area contributed by atoms with E-state index in [0.717, 1.165) is 30.0 Å². The van der Waals surface area contributed by atoms with Crippen LogP contribution in [-0.4, -0.2) is 35.9 Å². The number of hydrogen-bond acceptors (Lipinski definition) is 5. The van der Waals surface area contributed by atoms with E-state index < -0.39 is 29.1 Å². The zero-order valence-electron chi connectivity index (χ0n) is 14.9. The molecule has 1 aliphatic rings. The fraction of sp³-hybridized carbons (Fsp3) is 0.200. The molecule has 0 saturated carbocycles. The van der Waals surface area contributed by atoms with Gasteiger partial charge in [0.05, 0.1) is 29.4 Å². The summed E-state index contributed by atoms with van der Waals surface area (Å²) < 4.78 is 33.2. The first-order valence-corrected chi connectivity index (χ1v) is 9.51. The Bertz CT molecular complexity index is 944. The predicted octanol–water partition coefficient (Wildman–Crippen LogP) is 3.37. The van der Waals surface area contributed by atoms with Gasteiger partial charge in [-0.3, -0.25) is 9.59 Å². The lowest BCUT2D eigenvalue weighted by atomic mass is 10.1. The number of anilines is 1. The summed E-state index contributed by atoms with van der Waals surface area (Å²) >= 11 is 0.992. The molecule has 2 amide bonds. The average Bonchev–Trinajstić information content (AvgIpc) is 2.93. The maximum Gasteiger partial charge on any atom is 0.272 e. The van der Waals surface area contributed by atoms with Gasteiger partial charge < -0.3 is 9.84 Å². The highest BCUT2D eigenvalue weighted by molar-refractivity contribution is 8.04. The summed E-state index contributed by atoms with van der Waals surface area (Å²) in [5.74, 6) is -2.38. The summed E-state index contributed by atoms with van der Waals surface area (Å²) in [5, 5.41) is 9.12. The Morgan fingerprint density at radius 1 is 1.07 bits per heavy atom. The highest BCUT2D eigenvalue weighted by Crippen LogP contribution is 2.39. The van der Waals surface area contributed by atoms with Gasteiger partial charge in [0.25, 0.3) is 11.8 Å². The van der Waals surface area contributed by atoms with Gasteiger partial charge in [-0.1, -0.05) is 12.1 Å². The number of carbonyl (C=O) groups is 2. The van der Waals surface area contributed by atoms with E-state index in [2.05, 4.69) is 0 Å². The molecule has 1 aliphatic heterocycles. The van der Waals surface area contributed by atoms with Crippen molar-refractivity contribution in [2.24, 2.45) is 0 Å². The molecule has 1 N–H and O–H groups in total. The lowest BCUT2D eigenvalue weighted by Gasteiger charge is -2.16. The van der Waals surface area contributed by atoms with Gasteiger partial charge in [0.15, 0.2) is 0 Å². The van der Waals surface area contributed by atoms with Crippen molar-refractivity contribution in [3.8, 4) is 5.75 Å². The maximum atomic E-state index is 14.2. The van der Waals surface area contributed by atoms with E-state index in [0.29, 0.717) is 22.8 Å². The van der Waals surface area contributed by atoms with Crippen LogP contribution >= 0.6 is 11.8 Å². The van der Waals surface area contributed by atoms with E-state index in [1.807, 2.05) is 6.92 Å². The van der Waals surface area contributed by atoms with Crippen LogP contribution in [0.15, 0.2) is 47.4 Å². The lowest BCUT2D eigenvalue weighted by molar-refractivity contribution is -0.119. The highest BCUT2D eigenvalue weighted by Gasteiger charge is 2.41. The molecule has 0 aromatic heterocycles. The molecule has 2 aromatic rings. The summed E-state index contributed by atoms with van der Waals surface area (Å²) in [6, 6.07) is 9.13. The molecule has 5 nitrogen and oxygen atoms in total. The molecular formula is C20H17F2NO4S. The van der Waals surface area contributed by atoms with Crippen molar-refractivity contribution in [2.45, 2.75) is 6.92 Å². The van der Waals surface area contributed by atoms with E-state index in [-0.39, 0.29) is 22.8 Å². The first kappa shape index (κ1) is 20.0. The quantitative estimate of drug-likeness (QED) is 0.716. The topological polar surface area (TPSA) is 66.8 Å². The van der Waals surface area contributed by atoms with Gasteiger partial charge in [-0.05, 0) is 36.8 Å². The molecule has 0 unspecified atom stereocenters. The first-order chi connectivity index (χ1) is 13.5. The van der Waals surface area contributed by atoms with Gasteiger partial charge in [0, 0.05) is 11.8 Å². The molecule has 146 valence electrons. The second-order valence-electron chi connectivity index (χ2n) is 5.78. The third kappa shape index (κ3) is 3.79. The zero-order chi connectivity index (χ0) is 20.3. The molecule has 0 atom stereocenters. The molecule has 0 spiro atoms. The minimum Gasteiger partial charge on any atom is -0.494 e. The lowest BCUT2D eigenvalue weighted by Crippen LogP contribution is -2.32. The van der Waals surface area contributed by atoms with E-state index in [1.165, 1.54) is 0 Å². The largest absolute Gasteiger partial charge is 0.494 e. The Morgan fingerprint density at radius 2 is 1.79 bits per heavy atom. The Labute approximate surface area is 164 Å². The fourth-order valence-corrected chi connectivity index (χ4v) is 3.67. The van der Waals surface area contributed by atoms with Gasteiger partial charge in [-0.2, -0.15) is 0 Å². The summed E-state index contributed by atoms with van der Waals surface area (Å²) in [5.41, 5.74) is 0.0785. The maximum absolute atomic E-state index is 14.2. The SMILES string of the molecule is CCOc1ccc(C2=C(SCCO)C(=O)N(c3cc(F)ccc3F)C2=O)cc1. The summed E-state index contributed by atoms with van der Waals surface area (Å²) in [7, 11) is 0. The standard InChI is InChI=1S/C20H17F2NO4S/c1-2-27-14-6-3-12(4-7-14)17-18(28-10-9-24)20(26)23(19(17)25)16-11-13(21)5-8-15(16)22/h3-8,11,24H,2,9-10H2,1H3. The van der Waals surface area contributed by atoms with Gasteiger partial charge in [0.2, 0.25) is 0 Å². The van der Waals surface area contributed by atoms with Crippen molar-refractivity contribution in [1.29, 1.82) is 0 Å². The number of imide groups is 1. The molecule has 0 fully saturated rings. The molecular weight excluding hydrogens is 388 g/mol. The summed E-state index contributed by atoms with van der Waals surface area (Å²) in [4.78, 5) is 26.6. The second-order valence-corrected chi connectivity index (χ2v) is 6.88. The van der Waals surface area contributed by atoms with E-state index in [4.69, 9.17) is 9.84 Å². The number of benzene rings is 2. The number of aliphatic hydroxyl groups excluding tert-OH is 1. The molecule has 0 saturated heterocycles. The van der Waals surface area contributed by atoms with E-state index in [9.17, 15) is 18.4 Å². The third-order valence-corrected chi connectivity index (χ3v) is 5.04. The van der Waals surface area contributed by atoms with E-state index in [1.54, 1.807) is 24.3 Å². The van der Waals surface area contributed by atoms with Crippen molar-refractivity contribution in [3.05, 3.63) is 64.6 Å². The van der Waals surface area contributed by atoms with Crippen LogP contribution in [-0.2, 0) is 9.59 Å². The zero-order valence-corrected chi connectivity index (χ0v) is 15.8. The monoisotopic (exact) mass is 405 g/mol. The molecule has 2 aromatic carbocycles. The van der Waals surface area contributed by atoms with Gasteiger partial charge >= 0.3 is 0 Å². The highest BCUT2D eigenvalue weighted by atomic mass is 32.2. The van der Waals surface area contributed by atoms with Crippen molar-refractivity contribution >= 4 is 34.8 Å². The number of amides is 2. The van der Waals surface area contributed by atoms with Crippen LogP contribution in [0.3, 0.4) is 0 Å². The molecule has 0 radical (unpaired) electrons. The van der Waals surface area contributed by atoms with Gasteiger partial charge in [0.1, 0.15) is 17.4 Å². The number of thioether (sulfide) groups is 1. The van der Waals surface area contributed by atoms with Crippen molar-refractivity contribution < 1.29 is 28.2 Å².